The normalized spacial score (nSPS) is 21.2. The van der Waals surface area contributed by atoms with E-state index in [0.29, 0.717) is 12.6 Å². The quantitative estimate of drug-likeness (QED) is 0.920. The van der Waals surface area contributed by atoms with E-state index in [4.69, 9.17) is 0 Å². The molecule has 1 aliphatic rings. The van der Waals surface area contributed by atoms with E-state index in [2.05, 4.69) is 27.8 Å². The van der Waals surface area contributed by atoms with Crippen LogP contribution in [0.4, 0.5) is 0 Å². The van der Waals surface area contributed by atoms with Gasteiger partial charge in [-0.3, -0.25) is 14.8 Å². The minimum atomic E-state index is -0.413. The van der Waals surface area contributed by atoms with E-state index in [1.54, 1.807) is 0 Å². The lowest BCUT2D eigenvalue weighted by Gasteiger charge is -2.40. The van der Waals surface area contributed by atoms with Crippen molar-refractivity contribution in [3.05, 3.63) is 66.0 Å². The van der Waals surface area contributed by atoms with Gasteiger partial charge in [-0.05, 0) is 24.1 Å². The monoisotopic (exact) mass is 311 g/mol. The number of benzene rings is 1. The number of piperazine rings is 1. The third-order valence-corrected chi connectivity index (χ3v) is 4.57. The third kappa shape index (κ3) is 4.38. The van der Waals surface area contributed by atoms with Crippen molar-refractivity contribution in [1.82, 2.24) is 14.8 Å². The van der Waals surface area contributed by atoms with Crippen LogP contribution in [0.5, 0.6) is 0 Å². The molecule has 0 unspecified atom stereocenters. The van der Waals surface area contributed by atoms with Gasteiger partial charge in [-0.15, -0.1) is 0 Å². The van der Waals surface area contributed by atoms with E-state index in [1.807, 2.05) is 48.8 Å². The first-order valence-corrected chi connectivity index (χ1v) is 8.30. The summed E-state index contributed by atoms with van der Waals surface area (Å²) in [6, 6.07) is 14.5. The van der Waals surface area contributed by atoms with Crippen molar-refractivity contribution in [2.45, 2.75) is 25.6 Å². The smallest absolute Gasteiger partial charge is 0.0917 e. The summed E-state index contributed by atoms with van der Waals surface area (Å²) in [5, 5.41) is 10.4. The highest BCUT2D eigenvalue weighted by Gasteiger charge is 2.25. The second kappa shape index (κ2) is 7.68. The molecular weight excluding hydrogens is 286 g/mol. The number of rotatable bonds is 5. The van der Waals surface area contributed by atoms with Gasteiger partial charge in [0.2, 0.25) is 0 Å². The van der Waals surface area contributed by atoms with Crippen LogP contribution in [0.15, 0.2) is 54.9 Å². The molecule has 122 valence electrons. The van der Waals surface area contributed by atoms with Crippen LogP contribution in [0.1, 0.15) is 24.2 Å². The van der Waals surface area contributed by atoms with Crippen molar-refractivity contribution in [2.24, 2.45) is 0 Å². The minimum Gasteiger partial charge on any atom is -0.387 e. The molecule has 2 heterocycles. The number of hydrogen-bond donors (Lipinski definition) is 1. The Balaban J connectivity index is 1.52. The van der Waals surface area contributed by atoms with Crippen molar-refractivity contribution in [3.63, 3.8) is 0 Å². The van der Waals surface area contributed by atoms with Gasteiger partial charge in [0.05, 0.1) is 6.10 Å². The maximum Gasteiger partial charge on any atom is 0.0917 e. The van der Waals surface area contributed by atoms with Crippen molar-refractivity contribution < 1.29 is 5.11 Å². The van der Waals surface area contributed by atoms with E-state index in [0.717, 1.165) is 31.7 Å². The van der Waals surface area contributed by atoms with Gasteiger partial charge < -0.3 is 5.11 Å². The zero-order valence-electron chi connectivity index (χ0n) is 13.7. The van der Waals surface area contributed by atoms with Crippen molar-refractivity contribution in [2.75, 3.05) is 26.2 Å². The molecule has 1 saturated heterocycles. The molecule has 1 fully saturated rings. The molecular formula is C19H25N3O. The van der Waals surface area contributed by atoms with E-state index >= 15 is 0 Å². The zero-order valence-corrected chi connectivity index (χ0v) is 13.7. The molecule has 3 rings (SSSR count). The Bertz CT molecular complexity index is 590. The first kappa shape index (κ1) is 16.1. The topological polar surface area (TPSA) is 39.6 Å². The van der Waals surface area contributed by atoms with Crippen LogP contribution in [0, 0.1) is 0 Å². The van der Waals surface area contributed by atoms with Crippen LogP contribution in [-0.2, 0) is 6.54 Å². The fourth-order valence-electron chi connectivity index (χ4n) is 3.24. The molecule has 1 N–H and O–H groups in total. The molecule has 2 aromatic rings. The van der Waals surface area contributed by atoms with Crippen molar-refractivity contribution in [3.8, 4) is 0 Å². The van der Waals surface area contributed by atoms with Crippen molar-refractivity contribution in [1.29, 1.82) is 0 Å². The second-order valence-electron chi connectivity index (χ2n) is 6.37. The number of aromatic nitrogens is 1. The van der Waals surface area contributed by atoms with Crippen LogP contribution in [0.25, 0.3) is 0 Å². The first-order chi connectivity index (χ1) is 11.2. The Morgan fingerprint density at radius 3 is 2.70 bits per heavy atom. The molecule has 0 amide bonds. The van der Waals surface area contributed by atoms with Crippen LogP contribution < -0.4 is 0 Å². The molecule has 0 bridgehead atoms. The number of hydrogen-bond acceptors (Lipinski definition) is 4. The van der Waals surface area contributed by atoms with Gasteiger partial charge in [-0.2, -0.15) is 0 Å². The standard InChI is InChI=1S/C19H25N3O/c1-16-13-21(14-17-6-5-9-20-12-17)10-11-22(16)15-19(23)18-7-3-2-4-8-18/h2-9,12,16,19,23H,10-11,13-15H2,1H3/t16-,19+/m1/s1. The maximum absolute atomic E-state index is 10.4. The van der Waals surface area contributed by atoms with Crippen molar-refractivity contribution >= 4 is 0 Å². The first-order valence-electron chi connectivity index (χ1n) is 8.30. The highest BCUT2D eigenvalue weighted by molar-refractivity contribution is 5.17. The van der Waals surface area contributed by atoms with Crippen LogP contribution in [0.2, 0.25) is 0 Å². The van der Waals surface area contributed by atoms with Gasteiger partial charge in [0.25, 0.3) is 0 Å². The second-order valence-corrected chi connectivity index (χ2v) is 6.37. The predicted octanol–water partition coefficient (Wildman–Crippen LogP) is 2.32. The van der Waals surface area contributed by atoms with E-state index in [1.165, 1.54) is 5.56 Å². The lowest BCUT2D eigenvalue weighted by Crippen LogP contribution is -2.52. The van der Waals surface area contributed by atoms with Gasteiger partial charge in [0.1, 0.15) is 0 Å². The SMILES string of the molecule is C[C@@H]1CN(Cc2cccnc2)CCN1C[C@H](O)c1ccccc1. The molecule has 1 aliphatic heterocycles. The molecule has 2 atom stereocenters. The van der Waals surface area contributed by atoms with Gasteiger partial charge in [-0.1, -0.05) is 36.4 Å². The zero-order chi connectivity index (χ0) is 16.1. The Kier molecular flexibility index (Phi) is 5.39. The summed E-state index contributed by atoms with van der Waals surface area (Å²) in [6.45, 7) is 6.94. The molecule has 0 saturated carbocycles. The summed E-state index contributed by atoms with van der Waals surface area (Å²) in [5.74, 6) is 0. The Labute approximate surface area is 138 Å². The molecule has 1 aromatic carbocycles. The fraction of sp³-hybridized carbons (Fsp3) is 0.421. The summed E-state index contributed by atoms with van der Waals surface area (Å²) >= 11 is 0. The summed E-state index contributed by atoms with van der Waals surface area (Å²) in [6.07, 6.45) is 3.34. The average molecular weight is 311 g/mol. The Morgan fingerprint density at radius 1 is 1.17 bits per heavy atom. The minimum absolute atomic E-state index is 0.413. The third-order valence-electron chi connectivity index (χ3n) is 4.57. The molecule has 0 spiro atoms. The average Bonchev–Trinajstić information content (AvgIpc) is 2.59. The maximum atomic E-state index is 10.4. The van der Waals surface area contributed by atoms with Crippen LogP contribution in [-0.4, -0.2) is 52.1 Å². The summed E-state index contributed by atoms with van der Waals surface area (Å²) in [4.78, 5) is 9.04. The molecule has 1 aromatic heterocycles. The van der Waals surface area contributed by atoms with Gasteiger partial charge in [0.15, 0.2) is 0 Å². The fourth-order valence-corrected chi connectivity index (χ4v) is 3.24. The molecule has 0 aliphatic carbocycles. The van der Waals surface area contributed by atoms with Crippen LogP contribution in [0.3, 0.4) is 0 Å². The predicted molar refractivity (Wildman–Crippen MR) is 92.0 cm³/mol. The largest absolute Gasteiger partial charge is 0.387 e. The highest BCUT2D eigenvalue weighted by atomic mass is 16.3. The van der Waals surface area contributed by atoms with E-state index in [9.17, 15) is 5.11 Å². The number of β-amino-alcohol motifs (C(OH)–C–C–N with tert-alkyl or cyclic N) is 1. The van der Waals surface area contributed by atoms with Crippen LogP contribution >= 0.6 is 0 Å². The summed E-state index contributed by atoms with van der Waals surface area (Å²) in [5.41, 5.74) is 2.26. The number of nitrogens with zero attached hydrogens (tertiary/aromatic N) is 3. The number of aliphatic hydroxyl groups excluding tert-OH is 1. The molecule has 0 radical (unpaired) electrons. The van der Waals surface area contributed by atoms with Gasteiger partial charge in [0, 0.05) is 51.2 Å². The lowest BCUT2D eigenvalue weighted by molar-refractivity contribution is 0.0362. The molecule has 4 heteroatoms. The lowest BCUT2D eigenvalue weighted by atomic mass is 10.1. The number of pyridine rings is 1. The van der Waals surface area contributed by atoms with E-state index < -0.39 is 6.10 Å². The van der Waals surface area contributed by atoms with Gasteiger partial charge >= 0.3 is 0 Å². The molecule has 23 heavy (non-hydrogen) atoms. The van der Waals surface area contributed by atoms with E-state index in [-0.39, 0.29) is 0 Å². The summed E-state index contributed by atoms with van der Waals surface area (Å²) in [7, 11) is 0. The van der Waals surface area contributed by atoms with Gasteiger partial charge in [-0.25, -0.2) is 0 Å². The number of aliphatic hydroxyl groups is 1. The Hall–Kier alpha value is -1.75. The Morgan fingerprint density at radius 2 is 2.00 bits per heavy atom. The highest BCUT2D eigenvalue weighted by Crippen LogP contribution is 2.18. The molecule has 4 nitrogen and oxygen atoms in total. The summed E-state index contributed by atoms with van der Waals surface area (Å²) < 4.78 is 0.